The fourth-order valence-electron chi connectivity index (χ4n) is 3.22. The predicted octanol–water partition coefficient (Wildman–Crippen LogP) is 3.48. The molecule has 0 amide bonds. The topological polar surface area (TPSA) is 29.3 Å². The summed E-state index contributed by atoms with van der Waals surface area (Å²) in [5, 5.41) is 0. The number of hydrogen-bond acceptors (Lipinski definition) is 2. The van der Waals surface area contributed by atoms with Crippen molar-refractivity contribution in [1.82, 2.24) is 4.90 Å². The fourth-order valence-corrected chi connectivity index (χ4v) is 3.22. The highest BCUT2D eigenvalue weighted by Gasteiger charge is 2.29. The lowest BCUT2D eigenvalue weighted by atomic mass is 9.86. The molecule has 2 rings (SSSR count). The van der Waals surface area contributed by atoms with Gasteiger partial charge in [0.2, 0.25) is 0 Å². The first-order chi connectivity index (χ1) is 9.54. The van der Waals surface area contributed by atoms with Crippen LogP contribution in [0, 0.1) is 17.6 Å². The Bertz CT molecular complexity index is 422. The minimum atomic E-state index is -0.503. The van der Waals surface area contributed by atoms with Crippen molar-refractivity contribution in [2.45, 2.75) is 44.7 Å². The third kappa shape index (κ3) is 3.18. The van der Waals surface area contributed by atoms with Crippen molar-refractivity contribution in [1.29, 1.82) is 0 Å². The van der Waals surface area contributed by atoms with E-state index in [4.69, 9.17) is 5.73 Å². The number of rotatable bonds is 4. The molecule has 2 N–H and O–H groups in total. The van der Waals surface area contributed by atoms with Crippen molar-refractivity contribution < 1.29 is 8.78 Å². The Kier molecular flexibility index (Phi) is 5.11. The van der Waals surface area contributed by atoms with E-state index in [0.29, 0.717) is 6.04 Å². The standard InChI is InChI=1S/C16H24F2N2/c1-11-6-8-12(9-7-11)20(2)15(10-19)16-13(17)4-3-5-14(16)18/h3-5,11-12,15H,6-10,19H2,1-2H3. The fraction of sp³-hybridized carbons (Fsp3) is 0.625. The van der Waals surface area contributed by atoms with Crippen LogP contribution in [-0.4, -0.2) is 24.5 Å². The lowest BCUT2D eigenvalue weighted by Gasteiger charge is -2.38. The van der Waals surface area contributed by atoms with Crippen LogP contribution in [0.4, 0.5) is 8.78 Å². The normalized spacial score (nSPS) is 24.9. The SMILES string of the molecule is CC1CCC(N(C)C(CN)c2c(F)cccc2F)CC1. The van der Waals surface area contributed by atoms with E-state index in [1.165, 1.54) is 31.0 Å². The average molecular weight is 282 g/mol. The van der Waals surface area contributed by atoms with Crippen LogP contribution in [0.2, 0.25) is 0 Å². The Balaban J connectivity index is 2.19. The van der Waals surface area contributed by atoms with Gasteiger partial charge in [0.1, 0.15) is 11.6 Å². The molecule has 2 nitrogen and oxygen atoms in total. The molecule has 1 aliphatic carbocycles. The summed E-state index contributed by atoms with van der Waals surface area (Å²) in [5.74, 6) is -0.255. The molecule has 4 heteroatoms. The van der Waals surface area contributed by atoms with Crippen LogP contribution in [0.3, 0.4) is 0 Å². The summed E-state index contributed by atoms with van der Waals surface area (Å²) in [4.78, 5) is 2.06. The number of nitrogens with zero attached hydrogens (tertiary/aromatic N) is 1. The van der Waals surface area contributed by atoms with Gasteiger partial charge >= 0.3 is 0 Å². The molecule has 1 fully saturated rings. The lowest BCUT2D eigenvalue weighted by molar-refractivity contribution is 0.122. The molecule has 1 atom stereocenters. The second-order valence-corrected chi connectivity index (χ2v) is 5.97. The van der Waals surface area contributed by atoms with Crippen LogP contribution in [0.25, 0.3) is 0 Å². The van der Waals surface area contributed by atoms with Gasteiger partial charge in [-0.3, -0.25) is 4.90 Å². The lowest BCUT2D eigenvalue weighted by Crippen LogP contribution is -2.41. The largest absolute Gasteiger partial charge is 0.329 e. The number of benzene rings is 1. The van der Waals surface area contributed by atoms with Crippen LogP contribution < -0.4 is 5.73 Å². The Morgan fingerprint density at radius 3 is 2.25 bits per heavy atom. The van der Waals surface area contributed by atoms with E-state index in [1.54, 1.807) is 0 Å². The molecule has 0 bridgehead atoms. The summed E-state index contributed by atoms with van der Waals surface area (Å²) in [6.07, 6.45) is 4.49. The zero-order chi connectivity index (χ0) is 14.7. The molecular formula is C16H24F2N2. The molecule has 1 unspecified atom stereocenters. The van der Waals surface area contributed by atoms with Gasteiger partial charge in [0.25, 0.3) is 0 Å². The average Bonchev–Trinajstić information content (AvgIpc) is 2.43. The summed E-state index contributed by atoms with van der Waals surface area (Å²) < 4.78 is 27.9. The molecule has 1 aliphatic rings. The van der Waals surface area contributed by atoms with Crippen molar-refractivity contribution >= 4 is 0 Å². The zero-order valence-electron chi connectivity index (χ0n) is 12.3. The predicted molar refractivity (Wildman–Crippen MR) is 77.3 cm³/mol. The van der Waals surface area contributed by atoms with Gasteiger partial charge in [-0.1, -0.05) is 13.0 Å². The van der Waals surface area contributed by atoms with Crippen molar-refractivity contribution in [2.75, 3.05) is 13.6 Å². The molecular weight excluding hydrogens is 258 g/mol. The molecule has 0 heterocycles. The van der Waals surface area contributed by atoms with E-state index in [2.05, 4.69) is 11.8 Å². The van der Waals surface area contributed by atoms with Crippen LogP contribution >= 0.6 is 0 Å². The van der Waals surface area contributed by atoms with Gasteiger partial charge in [-0.05, 0) is 50.8 Å². The quantitative estimate of drug-likeness (QED) is 0.916. The van der Waals surface area contributed by atoms with Gasteiger partial charge in [-0.15, -0.1) is 0 Å². The van der Waals surface area contributed by atoms with E-state index in [1.807, 2.05) is 7.05 Å². The maximum absolute atomic E-state index is 14.0. The zero-order valence-corrected chi connectivity index (χ0v) is 12.3. The molecule has 1 aromatic carbocycles. The minimum absolute atomic E-state index is 0.108. The van der Waals surface area contributed by atoms with Gasteiger partial charge in [0, 0.05) is 18.2 Å². The number of hydrogen-bond donors (Lipinski definition) is 1. The van der Waals surface area contributed by atoms with Crippen LogP contribution in [0.1, 0.15) is 44.2 Å². The summed E-state index contributed by atoms with van der Waals surface area (Å²) >= 11 is 0. The molecule has 0 radical (unpaired) electrons. The summed E-state index contributed by atoms with van der Waals surface area (Å²) in [5.41, 5.74) is 5.91. The Morgan fingerprint density at radius 1 is 1.20 bits per heavy atom. The Labute approximate surface area is 120 Å². The maximum Gasteiger partial charge on any atom is 0.130 e. The number of nitrogens with two attached hydrogens (primary N) is 1. The molecule has 0 spiro atoms. The number of halogens is 2. The van der Waals surface area contributed by atoms with E-state index >= 15 is 0 Å². The van der Waals surface area contributed by atoms with Gasteiger partial charge in [-0.2, -0.15) is 0 Å². The number of likely N-dealkylation sites (N-methyl/N-ethyl adjacent to an activating group) is 1. The summed E-state index contributed by atoms with van der Waals surface area (Å²) in [7, 11) is 1.93. The third-order valence-electron chi connectivity index (χ3n) is 4.61. The molecule has 0 aliphatic heterocycles. The Morgan fingerprint density at radius 2 is 1.75 bits per heavy atom. The molecule has 112 valence electrons. The first kappa shape index (κ1) is 15.4. The first-order valence-corrected chi connectivity index (χ1v) is 7.40. The third-order valence-corrected chi connectivity index (χ3v) is 4.61. The van der Waals surface area contributed by atoms with Gasteiger partial charge < -0.3 is 5.73 Å². The highest BCUT2D eigenvalue weighted by atomic mass is 19.1. The second-order valence-electron chi connectivity index (χ2n) is 5.97. The maximum atomic E-state index is 14.0. The van der Waals surface area contributed by atoms with Crippen LogP contribution in [0.5, 0.6) is 0 Å². The summed E-state index contributed by atoms with van der Waals surface area (Å²) in [6, 6.07) is 3.97. The molecule has 1 saturated carbocycles. The molecule has 0 aromatic heterocycles. The monoisotopic (exact) mass is 282 g/mol. The van der Waals surface area contributed by atoms with E-state index in [0.717, 1.165) is 18.8 Å². The smallest absolute Gasteiger partial charge is 0.130 e. The molecule has 20 heavy (non-hydrogen) atoms. The van der Waals surface area contributed by atoms with Gasteiger partial charge in [0.15, 0.2) is 0 Å². The van der Waals surface area contributed by atoms with Crippen LogP contribution in [0.15, 0.2) is 18.2 Å². The van der Waals surface area contributed by atoms with Crippen LogP contribution in [-0.2, 0) is 0 Å². The van der Waals surface area contributed by atoms with E-state index in [9.17, 15) is 8.78 Å². The van der Waals surface area contributed by atoms with Gasteiger partial charge in [-0.25, -0.2) is 8.78 Å². The Hall–Kier alpha value is -1.00. The van der Waals surface area contributed by atoms with E-state index in [-0.39, 0.29) is 12.1 Å². The van der Waals surface area contributed by atoms with Crippen molar-refractivity contribution in [2.24, 2.45) is 11.7 Å². The highest BCUT2D eigenvalue weighted by Crippen LogP contribution is 2.32. The molecule has 0 saturated heterocycles. The van der Waals surface area contributed by atoms with Crippen molar-refractivity contribution in [3.63, 3.8) is 0 Å². The van der Waals surface area contributed by atoms with Crippen molar-refractivity contribution in [3.05, 3.63) is 35.4 Å². The minimum Gasteiger partial charge on any atom is -0.329 e. The van der Waals surface area contributed by atoms with Crippen molar-refractivity contribution in [3.8, 4) is 0 Å². The summed E-state index contributed by atoms with van der Waals surface area (Å²) in [6.45, 7) is 2.48. The highest BCUT2D eigenvalue weighted by molar-refractivity contribution is 5.24. The first-order valence-electron chi connectivity index (χ1n) is 7.40. The molecule has 1 aromatic rings. The second kappa shape index (κ2) is 6.64. The van der Waals surface area contributed by atoms with E-state index < -0.39 is 17.7 Å². The van der Waals surface area contributed by atoms with Gasteiger partial charge in [0.05, 0.1) is 6.04 Å².